The van der Waals surface area contributed by atoms with E-state index in [1.807, 2.05) is 4.90 Å². The van der Waals surface area contributed by atoms with Crippen LogP contribution in [-0.4, -0.2) is 71.5 Å². The highest BCUT2D eigenvalue weighted by atomic mass is 16.2. The zero-order valence-corrected chi connectivity index (χ0v) is 11.9. The molecule has 4 heteroatoms. The molecule has 1 amide bonds. The first-order chi connectivity index (χ1) is 8.41. The predicted octanol–water partition coefficient (Wildman–Crippen LogP) is 0.799. The second-order valence-electron chi connectivity index (χ2n) is 6.30. The van der Waals surface area contributed by atoms with Crippen molar-refractivity contribution in [3.05, 3.63) is 12.7 Å². The van der Waals surface area contributed by atoms with Crippen LogP contribution in [0.15, 0.2) is 12.7 Å². The number of rotatable bonds is 1. The highest BCUT2D eigenvalue weighted by Gasteiger charge is 2.36. The molecule has 2 aliphatic heterocycles. The number of carbonyl (C=O) groups excluding carboxylic acids is 1. The molecule has 1 unspecified atom stereocenters. The van der Waals surface area contributed by atoms with Gasteiger partial charge in [0.2, 0.25) is 5.91 Å². The Labute approximate surface area is 110 Å². The molecule has 2 rings (SSSR count). The average Bonchev–Trinajstić information content (AvgIpc) is 2.35. The Morgan fingerprint density at radius 3 is 2.44 bits per heavy atom. The SMILES string of the molecule is C=CC(=O)N1CCN2CCN(C(C)(C)C)CC2C1. The van der Waals surface area contributed by atoms with Crippen LogP contribution in [0, 0.1) is 0 Å². The number of nitrogens with zero attached hydrogens (tertiary/aromatic N) is 3. The summed E-state index contributed by atoms with van der Waals surface area (Å²) in [6.07, 6.45) is 1.43. The van der Waals surface area contributed by atoms with Crippen LogP contribution in [0.1, 0.15) is 20.8 Å². The number of hydrogen-bond donors (Lipinski definition) is 0. The second kappa shape index (κ2) is 5.02. The summed E-state index contributed by atoms with van der Waals surface area (Å²) in [5.74, 6) is 0.0718. The average molecular weight is 251 g/mol. The van der Waals surface area contributed by atoms with Crippen LogP contribution in [0.4, 0.5) is 0 Å². The molecule has 18 heavy (non-hydrogen) atoms. The molecule has 2 fully saturated rings. The third-order valence-electron chi connectivity index (χ3n) is 4.13. The third kappa shape index (κ3) is 2.75. The second-order valence-corrected chi connectivity index (χ2v) is 6.30. The summed E-state index contributed by atoms with van der Waals surface area (Å²) in [5.41, 5.74) is 0.219. The summed E-state index contributed by atoms with van der Waals surface area (Å²) in [6, 6.07) is 0.482. The van der Waals surface area contributed by atoms with E-state index in [-0.39, 0.29) is 11.4 Å². The van der Waals surface area contributed by atoms with E-state index in [1.54, 1.807) is 0 Å². The summed E-state index contributed by atoms with van der Waals surface area (Å²) >= 11 is 0. The zero-order chi connectivity index (χ0) is 13.3. The standard InChI is InChI=1S/C14H25N3O/c1-5-13(18)16-7-6-15-8-9-17(14(2,3)4)11-12(15)10-16/h5,12H,1,6-11H2,2-4H3. The minimum Gasteiger partial charge on any atom is -0.336 e. The van der Waals surface area contributed by atoms with E-state index in [2.05, 4.69) is 37.1 Å². The van der Waals surface area contributed by atoms with E-state index < -0.39 is 0 Å². The van der Waals surface area contributed by atoms with Crippen LogP contribution in [0.25, 0.3) is 0 Å². The molecule has 0 spiro atoms. The van der Waals surface area contributed by atoms with E-state index in [9.17, 15) is 4.79 Å². The minimum atomic E-state index is 0.0718. The van der Waals surface area contributed by atoms with Gasteiger partial charge in [0.25, 0.3) is 0 Å². The normalized spacial score (nSPS) is 26.8. The summed E-state index contributed by atoms with van der Waals surface area (Å²) < 4.78 is 0. The van der Waals surface area contributed by atoms with Crippen molar-refractivity contribution in [1.29, 1.82) is 0 Å². The van der Waals surface area contributed by atoms with E-state index in [1.165, 1.54) is 6.08 Å². The molecule has 0 radical (unpaired) electrons. The first kappa shape index (κ1) is 13.6. The van der Waals surface area contributed by atoms with Gasteiger partial charge in [0.05, 0.1) is 0 Å². The highest BCUT2D eigenvalue weighted by Crippen LogP contribution is 2.22. The monoisotopic (exact) mass is 251 g/mol. The highest BCUT2D eigenvalue weighted by molar-refractivity contribution is 5.87. The quantitative estimate of drug-likeness (QED) is 0.645. The lowest BCUT2D eigenvalue weighted by atomic mass is 10.0. The van der Waals surface area contributed by atoms with Gasteiger partial charge in [0, 0.05) is 50.8 Å². The molecule has 0 aromatic carbocycles. The van der Waals surface area contributed by atoms with Crippen LogP contribution in [0.2, 0.25) is 0 Å². The number of carbonyl (C=O) groups is 1. The van der Waals surface area contributed by atoms with Gasteiger partial charge in [0.1, 0.15) is 0 Å². The van der Waals surface area contributed by atoms with Gasteiger partial charge in [-0.2, -0.15) is 0 Å². The van der Waals surface area contributed by atoms with Gasteiger partial charge in [-0.3, -0.25) is 14.6 Å². The summed E-state index contributed by atoms with van der Waals surface area (Å²) in [6.45, 7) is 16.4. The van der Waals surface area contributed by atoms with Crippen molar-refractivity contribution in [1.82, 2.24) is 14.7 Å². The fourth-order valence-electron chi connectivity index (χ4n) is 2.89. The van der Waals surface area contributed by atoms with Crippen molar-refractivity contribution in [2.75, 3.05) is 39.3 Å². The molecule has 0 bridgehead atoms. The molecule has 1 atom stereocenters. The maximum Gasteiger partial charge on any atom is 0.246 e. The fourth-order valence-corrected chi connectivity index (χ4v) is 2.89. The minimum absolute atomic E-state index is 0.0718. The third-order valence-corrected chi connectivity index (χ3v) is 4.13. The molecule has 0 aromatic heterocycles. The molecule has 2 saturated heterocycles. The Morgan fingerprint density at radius 1 is 1.17 bits per heavy atom. The van der Waals surface area contributed by atoms with Gasteiger partial charge < -0.3 is 4.90 Å². The van der Waals surface area contributed by atoms with Crippen LogP contribution in [-0.2, 0) is 4.79 Å². The topological polar surface area (TPSA) is 26.8 Å². The van der Waals surface area contributed by atoms with E-state index >= 15 is 0 Å². The lowest BCUT2D eigenvalue weighted by Gasteiger charge is -2.50. The fraction of sp³-hybridized carbons (Fsp3) is 0.786. The molecular weight excluding hydrogens is 226 g/mol. The van der Waals surface area contributed by atoms with Gasteiger partial charge in [-0.05, 0) is 26.8 Å². The van der Waals surface area contributed by atoms with Gasteiger partial charge >= 0.3 is 0 Å². The van der Waals surface area contributed by atoms with Gasteiger partial charge in [-0.25, -0.2) is 0 Å². The summed E-state index contributed by atoms with van der Waals surface area (Å²) in [4.78, 5) is 18.7. The largest absolute Gasteiger partial charge is 0.336 e. The molecule has 0 aromatic rings. The number of fused-ring (bicyclic) bond motifs is 1. The van der Waals surface area contributed by atoms with Crippen LogP contribution < -0.4 is 0 Å². The van der Waals surface area contributed by atoms with Crippen molar-refractivity contribution in [2.24, 2.45) is 0 Å². The smallest absolute Gasteiger partial charge is 0.246 e. The first-order valence-electron chi connectivity index (χ1n) is 6.82. The van der Waals surface area contributed by atoms with Gasteiger partial charge in [0.15, 0.2) is 0 Å². The number of hydrogen-bond acceptors (Lipinski definition) is 3. The Bertz CT molecular complexity index is 334. The van der Waals surface area contributed by atoms with E-state index in [0.717, 1.165) is 39.3 Å². The molecule has 102 valence electrons. The number of piperazine rings is 2. The van der Waals surface area contributed by atoms with Crippen molar-refractivity contribution in [3.8, 4) is 0 Å². The number of amides is 1. The van der Waals surface area contributed by atoms with Crippen molar-refractivity contribution in [2.45, 2.75) is 32.4 Å². The van der Waals surface area contributed by atoms with Crippen LogP contribution >= 0.6 is 0 Å². The van der Waals surface area contributed by atoms with E-state index in [0.29, 0.717) is 6.04 Å². The maximum atomic E-state index is 11.7. The molecule has 0 aliphatic carbocycles. The Kier molecular flexibility index (Phi) is 3.78. The van der Waals surface area contributed by atoms with Crippen LogP contribution in [0.3, 0.4) is 0 Å². The first-order valence-corrected chi connectivity index (χ1v) is 6.82. The maximum absolute atomic E-state index is 11.7. The van der Waals surface area contributed by atoms with Gasteiger partial charge in [-0.1, -0.05) is 6.58 Å². The Balaban J connectivity index is 2.00. The Hall–Kier alpha value is -0.870. The van der Waals surface area contributed by atoms with Crippen molar-refractivity contribution >= 4 is 5.91 Å². The van der Waals surface area contributed by atoms with Gasteiger partial charge in [-0.15, -0.1) is 0 Å². The molecule has 2 aliphatic rings. The molecular formula is C14H25N3O. The van der Waals surface area contributed by atoms with Crippen LogP contribution in [0.5, 0.6) is 0 Å². The zero-order valence-electron chi connectivity index (χ0n) is 11.9. The predicted molar refractivity (Wildman–Crippen MR) is 73.5 cm³/mol. The Morgan fingerprint density at radius 2 is 1.83 bits per heavy atom. The molecule has 2 heterocycles. The summed E-state index contributed by atoms with van der Waals surface area (Å²) in [7, 11) is 0. The molecule has 4 nitrogen and oxygen atoms in total. The lowest BCUT2D eigenvalue weighted by Crippen LogP contribution is -2.65. The van der Waals surface area contributed by atoms with Crippen molar-refractivity contribution in [3.63, 3.8) is 0 Å². The molecule has 0 N–H and O–H groups in total. The molecule has 0 saturated carbocycles. The van der Waals surface area contributed by atoms with Crippen molar-refractivity contribution < 1.29 is 4.79 Å². The lowest BCUT2D eigenvalue weighted by molar-refractivity contribution is -0.130. The van der Waals surface area contributed by atoms with E-state index in [4.69, 9.17) is 0 Å². The summed E-state index contributed by atoms with van der Waals surface area (Å²) in [5, 5.41) is 0.